The molecule has 0 unspecified atom stereocenters. The average molecular weight is 295 g/mol. The Morgan fingerprint density at radius 3 is 2.30 bits per heavy atom. The number of nitrogens with one attached hydrogen (secondary N) is 2. The molecule has 1 fully saturated rings. The van der Waals surface area contributed by atoms with Gasteiger partial charge in [-0.2, -0.15) is 0 Å². The van der Waals surface area contributed by atoms with Crippen LogP contribution in [-0.2, 0) is 15.0 Å². The Bertz CT molecular complexity index is 495. The molecule has 0 saturated heterocycles. The van der Waals surface area contributed by atoms with E-state index in [1.54, 1.807) is 0 Å². The minimum absolute atomic E-state index is 0.0452. The second-order valence-electron chi connectivity index (χ2n) is 5.18. The summed E-state index contributed by atoms with van der Waals surface area (Å²) in [7, 11) is 0. The molecule has 2 N–H and O–H groups in total. The highest BCUT2D eigenvalue weighted by molar-refractivity contribution is 6.30. The van der Waals surface area contributed by atoms with Crippen molar-refractivity contribution in [3.8, 4) is 0 Å². The van der Waals surface area contributed by atoms with Gasteiger partial charge in [-0.1, -0.05) is 23.7 Å². The largest absolute Gasteiger partial charge is 0.356 e. The molecule has 0 spiro atoms. The number of halogens is 1. The minimum atomic E-state index is -0.363. The first-order valence-corrected chi connectivity index (χ1v) is 7.21. The molecular weight excluding hydrogens is 276 g/mol. The summed E-state index contributed by atoms with van der Waals surface area (Å²) in [5, 5.41) is 6.34. The second kappa shape index (κ2) is 6.27. The summed E-state index contributed by atoms with van der Waals surface area (Å²) in [6.45, 7) is 2.65. The number of rotatable bonds is 6. The summed E-state index contributed by atoms with van der Waals surface area (Å²) in [4.78, 5) is 23.0. The molecule has 0 aliphatic heterocycles. The number of benzene rings is 1. The molecule has 20 heavy (non-hydrogen) atoms. The maximum atomic E-state index is 12.3. The van der Waals surface area contributed by atoms with E-state index in [-0.39, 0.29) is 17.2 Å². The van der Waals surface area contributed by atoms with Gasteiger partial charge in [0.15, 0.2) is 0 Å². The van der Waals surface area contributed by atoms with Crippen LogP contribution in [0, 0.1) is 0 Å². The summed E-state index contributed by atoms with van der Waals surface area (Å²) >= 11 is 5.87. The third kappa shape index (κ3) is 3.51. The van der Waals surface area contributed by atoms with E-state index < -0.39 is 0 Å². The van der Waals surface area contributed by atoms with Crippen molar-refractivity contribution < 1.29 is 9.59 Å². The first-order chi connectivity index (χ1) is 9.54. The highest BCUT2D eigenvalue weighted by Gasteiger charge is 2.50. The Kier molecular flexibility index (Phi) is 4.65. The highest BCUT2D eigenvalue weighted by Crippen LogP contribution is 2.48. The molecule has 1 saturated carbocycles. The highest BCUT2D eigenvalue weighted by atomic mass is 35.5. The molecule has 0 aromatic heterocycles. The van der Waals surface area contributed by atoms with Crippen LogP contribution in [0.3, 0.4) is 0 Å². The van der Waals surface area contributed by atoms with Crippen LogP contribution < -0.4 is 10.6 Å². The van der Waals surface area contributed by atoms with Crippen molar-refractivity contribution in [1.29, 1.82) is 0 Å². The third-order valence-corrected chi connectivity index (χ3v) is 3.85. The number of hydrogen-bond acceptors (Lipinski definition) is 2. The van der Waals surface area contributed by atoms with Gasteiger partial charge in [0, 0.05) is 25.0 Å². The van der Waals surface area contributed by atoms with Gasteiger partial charge >= 0.3 is 0 Å². The maximum Gasteiger partial charge on any atom is 0.230 e. The molecule has 4 nitrogen and oxygen atoms in total. The number of carbonyl (C=O) groups is 2. The molecule has 108 valence electrons. The van der Waals surface area contributed by atoms with Crippen LogP contribution in [0.25, 0.3) is 0 Å². The van der Waals surface area contributed by atoms with E-state index >= 15 is 0 Å². The minimum Gasteiger partial charge on any atom is -0.356 e. The fourth-order valence-corrected chi connectivity index (χ4v) is 2.39. The summed E-state index contributed by atoms with van der Waals surface area (Å²) < 4.78 is 0. The van der Waals surface area contributed by atoms with E-state index in [0.29, 0.717) is 18.1 Å². The molecule has 0 radical (unpaired) electrons. The molecule has 2 amide bonds. The van der Waals surface area contributed by atoms with Crippen molar-refractivity contribution in [1.82, 2.24) is 10.6 Å². The molecule has 1 aliphatic rings. The zero-order valence-corrected chi connectivity index (χ0v) is 12.3. The van der Waals surface area contributed by atoms with E-state index in [4.69, 9.17) is 11.6 Å². The van der Waals surface area contributed by atoms with Crippen LogP contribution in [0.5, 0.6) is 0 Å². The lowest BCUT2D eigenvalue weighted by Crippen LogP contribution is -2.36. The van der Waals surface area contributed by atoms with Gasteiger partial charge in [-0.05, 0) is 37.0 Å². The van der Waals surface area contributed by atoms with Crippen LogP contribution in [0.1, 0.15) is 31.7 Å². The van der Waals surface area contributed by atoms with E-state index in [2.05, 4.69) is 10.6 Å². The lowest BCUT2D eigenvalue weighted by Gasteiger charge is -2.16. The lowest BCUT2D eigenvalue weighted by molar-refractivity contribution is -0.123. The third-order valence-electron chi connectivity index (χ3n) is 3.59. The number of hydrogen-bond donors (Lipinski definition) is 2. The van der Waals surface area contributed by atoms with Crippen molar-refractivity contribution in [2.75, 3.05) is 13.1 Å². The van der Waals surface area contributed by atoms with Crippen LogP contribution in [0.2, 0.25) is 5.02 Å². The van der Waals surface area contributed by atoms with Crippen LogP contribution in [0.15, 0.2) is 24.3 Å². The van der Waals surface area contributed by atoms with Gasteiger partial charge in [0.25, 0.3) is 0 Å². The standard InChI is InChI=1S/C15H19ClN2O2/c1-11(19)17-9-2-10-18-14(20)15(7-8-15)12-3-5-13(16)6-4-12/h3-6H,2,7-10H2,1H3,(H,17,19)(H,18,20). The van der Waals surface area contributed by atoms with Gasteiger partial charge in [0.1, 0.15) is 0 Å². The van der Waals surface area contributed by atoms with Crippen LogP contribution in [-0.4, -0.2) is 24.9 Å². The Morgan fingerprint density at radius 1 is 1.15 bits per heavy atom. The average Bonchev–Trinajstić information content (AvgIpc) is 3.20. The lowest BCUT2D eigenvalue weighted by atomic mass is 9.95. The van der Waals surface area contributed by atoms with Crippen LogP contribution in [0.4, 0.5) is 0 Å². The van der Waals surface area contributed by atoms with E-state index in [0.717, 1.165) is 24.8 Å². The van der Waals surface area contributed by atoms with Gasteiger partial charge in [-0.25, -0.2) is 0 Å². The quantitative estimate of drug-likeness (QED) is 0.789. The smallest absolute Gasteiger partial charge is 0.230 e. The van der Waals surface area contributed by atoms with Gasteiger partial charge in [-0.3, -0.25) is 9.59 Å². The SMILES string of the molecule is CC(=O)NCCCNC(=O)C1(c2ccc(Cl)cc2)CC1. The van der Waals surface area contributed by atoms with Gasteiger partial charge in [-0.15, -0.1) is 0 Å². The van der Waals surface area contributed by atoms with E-state index in [9.17, 15) is 9.59 Å². The maximum absolute atomic E-state index is 12.3. The molecule has 0 atom stereocenters. The molecule has 1 aromatic carbocycles. The first-order valence-electron chi connectivity index (χ1n) is 6.83. The Labute approximate surface area is 123 Å². The van der Waals surface area contributed by atoms with Crippen LogP contribution >= 0.6 is 11.6 Å². The Balaban J connectivity index is 1.83. The monoisotopic (exact) mass is 294 g/mol. The number of carbonyl (C=O) groups excluding carboxylic acids is 2. The summed E-state index contributed by atoms with van der Waals surface area (Å²) in [6, 6.07) is 7.49. The topological polar surface area (TPSA) is 58.2 Å². The molecule has 0 heterocycles. The van der Waals surface area contributed by atoms with Crippen molar-refractivity contribution >= 4 is 23.4 Å². The molecular formula is C15H19ClN2O2. The van der Waals surface area contributed by atoms with Gasteiger partial charge in [0.05, 0.1) is 5.41 Å². The molecule has 1 aliphatic carbocycles. The molecule has 0 bridgehead atoms. The predicted octanol–water partition coefficient (Wildman–Crippen LogP) is 2.01. The van der Waals surface area contributed by atoms with Crippen molar-refractivity contribution in [3.63, 3.8) is 0 Å². The van der Waals surface area contributed by atoms with Gasteiger partial charge < -0.3 is 10.6 Å². The molecule has 2 rings (SSSR count). The van der Waals surface area contributed by atoms with Gasteiger partial charge in [0.2, 0.25) is 11.8 Å². The predicted molar refractivity (Wildman–Crippen MR) is 78.7 cm³/mol. The fraction of sp³-hybridized carbons (Fsp3) is 0.467. The zero-order valence-electron chi connectivity index (χ0n) is 11.5. The number of amides is 2. The van der Waals surface area contributed by atoms with Crippen molar-refractivity contribution in [2.45, 2.75) is 31.6 Å². The molecule has 1 aromatic rings. The second-order valence-corrected chi connectivity index (χ2v) is 5.62. The normalized spacial score (nSPS) is 15.5. The summed E-state index contributed by atoms with van der Waals surface area (Å²) in [6.07, 6.45) is 2.50. The van der Waals surface area contributed by atoms with E-state index in [1.807, 2.05) is 24.3 Å². The zero-order chi connectivity index (χ0) is 14.6. The molecule has 5 heteroatoms. The first kappa shape index (κ1) is 14.9. The van der Waals surface area contributed by atoms with E-state index in [1.165, 1.54) is 6.92 Å². The summed E-state index contributed by atoms with van der Waals surface area (Å²) in [5.41, 5.74) is 0.666. The Morgan fingerprint density at radius 2 is 1.75 bits per heavy atom. The Hall–Kier alpha value is -1.55. The van der Waals surface area contributed by atoms with Crippen molar-refractivity contribution in [3.05, 3.63) is 34.9 Å². The summed E-state index contributed by atoms with van der Waals surface area (Å²) in [5.74, 6) is 0.0267. The van der Waals surface area contributed by atoms with Crippen molar-refractivity contribution in [2.24, 2.45) is 0 Å². The fourth-order valence-electron chi connectivity index (χ4n) is 2.26.